The summed E-state index contributed by atoms with van der Waals surface area (Å²) in [6.07, 6.45) is 0. The molecular formula is C13H7BrClF2NO. The fourth-order valence-electron chi connectivity index (χ4n) is 1.41. The number of nitrogens with one attached hydrogen (secondary N) is 1. The van der Waals surface area contributed by atoms with Gasteiger partial charge in [0.2, 0.25) is 0 Å². The lowest BCUT2D eigenvalue weighted by Crippen LogP contribution is -2.12. The van der Waals surface area contributed by atoms with Crippen molar-refractivity contribution in [3.63, 3.8) is 0 Å². The first kappa shape index (κ1) is 14.0. The monoisotopic (exact) mass is 345 g/mol. The lowest BCUT2D eigenvalue weighted by atomic mass is 10.2. The topological polar surface area (TPSA) is 29.1 Å². The van der Waals surface area contributed by atoms with Gasteiger partial charge in [-0.25, -0.2) is 8.78 Å². The van der Waals surface area contributed by atoms with Crippen LogP contribution in [0.25, 0.3) is 0 Å². The fraction of sp³-hybridized carbons (Fsp3) is 0. The Labute approximate surface area is 121 Å². The van der Waals surface area contributed by atoms with Gasteiger partial charge in [-0.3, -0.25) is 4.79 Å². The summed E-state index contributed by atoms with van der Waals surface area (Å²) in [6.45, 7) is 0. The zero-order chi connectivity index (χ0) is 14.0. The van der Waals surface area contributed by atoms with E-state index >= 15 is 0 Å². The number of rotatable bonds is 2. The SMILES string of the molecule is O=C(Nc1ccc(Br)c(F)c1)c1ccc(F)c(Cl)c1. The third-order valence-electron chi connectivity index (χ3n) is 2.36. The van der Waals surface area contributed by atoms with Crippen molar-refractivity contribution >= 4 is 39.1 Å². The Morgan fingerprint density at radius 3 is 2.47 bits per heavy atom. The van der Waals surface area contributed by atoms with Crippen LogP contribution in [0.5, 0.6) is 0 Å². The van der Waals surface area contributed by atoms with E-state index in [0.717, 1.165) is 6.07 Å². The normalized spacial score (nSPS) is 10.3. The molecule has 6 heteroatoms. The molecule has 2 rings (SSSR count). The molecule has 0 aliphatic carbocycles. The van der Waals surface area contributed by atoms with Crippen molar-refractivity contribution < 1.29 is 13.6 Å². The Kier molecular flexibility index (Phi) is 4.17. The van der Waals surface area contributed by atoms with E-state index < -0.39 is 17.5 Å². The van der Waals surface area contributed by atoms with Gasteiger partial charge < -0.3 is 5.32 Å². The van der Waals surface area contributed by atoms with Crippen LogP contribution in [0.4, 0.5) is 14.5 Å². The fourth-order valence-corrected chi connectivity index (χ4v) is 1.84. The molecule has 0 spiro atoms. The minimum Gasteiger partial charge on any atom is -0.322 e. The molecule has 0 saturated carbocycles. The van der Waals surface area contributed by atoms with E-state index in [4.69, 9.17) is 11.6 Å². The van der Waals surface area contributed by atoms with Crippen molar-refractivity contribution in [2.45, 2.75) is 0 Å². The quantitative estimate of drug-likeness (QED) is 0.844. The van der Waals surface area contributed by atoms with E-state index in [9.17, 15) is 13.6 Å². The summed E-state index contributed by atoms with van der Waals surface area (Å²) in [4.78, 5) is 11.8. The van der Waals surface area contributed by atoms with Gasteiger partial charge in [-0.2, -0.15) is 0 Å². The van der Waals surface area contributed by atoms with E-state index in [-0.39, 0.29) is 10.6 Å². The van der Waals surface area contributed by atoms with Crippen LogP contribution < -0.4 is 5.32 Å². The predicted octanol–water partition coefficient (Wildman–Crippen LogP) is 4.63. The van der Waals surface area contributed by atoms with Gasteiger partial charge in [0, 0.05) is 11.3 Å². The zero-order valence-electron chi connectivity index (χ0n) is 9.38. The molecule has 0 unspecified atom stereocenters. The molecule has 0 heterocycles. The maximum absolute atomic E-state index is 13.3. The third kappa shape index (κ3) is 3.30. The standard InChI is InChI=1S/C13H7BrClF2NO/c14-9-3-2-8(6-12(9)17)18-13(19)7-1-4-11(16)10(15)5-7/h1-6H,(H,18,19). The van der Waals surface area contributed by atoms with Gasteiger partial charge in [0.1, 0.15) is 11.6 Å². The number of carbonyl (C=O) groups is 1. The maximum Gasteiger partial charge on any atom is 0.255 e. The minimum atomic E-state index is -0.604. The lowest BCUT2D eigenvalue weighted by Gasteiger charge is -2.06. The Morgan fingerprint density at radius 2 is 1.84 bits per heavy atom. The van der Waals surface area contributed by atoms with Crippen molar-refractivity contribution in [3.8, 4) is 0 Å². The van der Waals surface area contributed by atoms with Gasteiger partial charge in [0.05, 0.1) is 9.50 Å². The second kappa shape index (κ2) is 5.67. The molecule has 1 N–H and O–H groups in total. The molecule has 0 atom stereocenters. The van der Waals surface area contributed by atoms with Crippen LogP contribution in [0.2, 0.25) is 5.02 Å². The van der Waals surface area contributed by atoms with E-state index in [1.807, 2.05) is 0 Å². The Balaban J connectivity index is 2.20. The van der Waals surface area contributed by atoms with Crippen molar-refractivity contribution in [3.05, 3.63) is 63.1 Å². The first-order valence-electron chi connectivity index (χ1n) is 5.19. The summed E-state index contributed by atoms with van der Waals surface area (Å²) in [6, 6.07) is 7.79. The number of carbonyl (C=O) groups excluding carboxylic acids is 1. The number of anilines is 1. The molecule has 0 radical (unpaired) electrons. The summed E-state index contributed by atoms with van der Waals surface area (Å²) < 4.78 is 26.5. The average molecular weight is 347 g/mol. The van der Waals surface area contributed by atoms with Crippen molar-refractivity contribution in [1.29, 1.82) is 0 Å². The van der Waals surface area contributed by atoms with Crippen LogP contribution in [0.15, 0.2) is 40.9 Å². The maximum atomic E-state index is 13.3. The summed E-state index contributed by atoms with van der Waals surface area (Å²) in [5.74, 6) is -1.59. The molecule has 0 bridgehead atoms. The van der Waals surface area contributed by atoms with Gasteiger partial charge in [-0.15, -0.1) is 0 Å². The highest BCUT2D eigenvalue weighted by atomic mass is 79.9. The molecule has 0 aromatic heterocycles. The summed E-state index contributed by atoms with van der Waals surface area (Å²) >= 11 is 8.60. The van der Waals surface area contributed by atoms with Crippen LogP contribution in [0.3, 0.4) is 0 Å². The molecule has 0 fully saturated rings. The highest BCUT2D eigenvalue weighted by Gasteiger charge is 2.10. The van der Waals surface area contributed by atoms with E-state index in [1.54, 1.807) is 0 Å². The third-order valence-corrected chi connectivity index (χ3v) is 3.29. The van der Waals surface area contributed by atoms with Gasteiger partial charge >= 0.3 is 0 Å². The van der Waals surface area contributed by atoms with E-state index in [1.165, 1.54) is 30.3 Å². The molecular weight excluding hydrogens is 340 g/mol. The molecule has 19 heavy (non-hydrogen) atoms. The van der Waals surface area contributed by atoms with Crippen LogP contribution in [0, 0.1) is 11.6 Å². The number of benzene rings is 2. The number of amides is 1. The molecule has 0 saturated heterocycles. The number of hydrogen-bond donors (Lipinski definition) is 1. The first-order valence-corrected chi connectivity index (χ1v) is 6.36. The van der Waals surface area contributed by atoms with Gasteiger partial charge in [-0.05, 0) is 52.3 Å². The van der Waals surface area contributed by atoms with Crippen molar-refractivity contribution in [2.24, 2.45) is 0 Å². The van der Waals surface area contributed by atoms with Crippen LogP contribution >= 0.6 is 27.5 Å². The van der Waals surface area contributed by atoms with Crippen LogP contribution in [-0.2, 0) is 0 Å². The summed E-state index contributed by atoms with van der Waals surface area (Å²) in [7, 11) is 0. The predicted molar refractivity (Wildman–Crippen MR) is 73.5 cm³/mol. The largest absolute Gasteiger partial charge is 0.322 e. The van der Waals surface area contributed by atoms with Crippen LogP contribution in [-0.4, -0.2) is 5.91 Å². The highest BCUT2D eigenvalue weighted by molar-refractivity contribution is 9.10. The summed E-state index contributed by atoms with van der Waals surface area (Å²) in [5, 5.41) is 2.35. The second-order valence-corrected chi connectivity index (χ2v) is 4.97. The van der Waals surface area contributed by atoms with Gasteiger partial charge in [-0.1, -0.05) is 11.6 Å². The van der Waals surface area contributed by atoms with Crippen molar-refractivity contribution in [1.82, 2.24) is 0 Å². The molecule has 0 aliphatic heterocycles. The lowest BCUT2D eigenvalue weighted by molar-refractivity contribution is 0.102. The number of hydrogen-bond acceptors (Lipinski definition) is 1. The van der Waals surface area contributed by atoms with E-state index in [0.29, 0.717) is 10.2 Å². The Bertz CT molecular complexity index is 649. The Hall–Kier alpha value is -1.46. The van der Waals surface area contributed by atoms with Gasteiger partial charge in [0.15, 0.2) is 0 Å². The molecule has 2 nitrogen and oxygen atoms in total. The second-order valence-electron chi connectivity index (χ2n) is 3.71. The van der Waals surface area contributed by atoms with E-state index in [2.05, 4.69) is 21.2 Å². The van der Waals surface area contributed by atoms with Crippen LogP contribution in [0.1, 0.15) is 10.4 Å². The Morgan fingerprint density at radius 1 is 1.11 bits per heavy atom. The molecule has 2 aromatic rings. The average Bonchev–Trinajstić information content (AvgIpc) is 2.37. The van der Waals surface area contributed by atoms with Gasteiger partial charge in [0.25, 0.3) is 5.91 Å². The highest BCUT2D eigenvalue weighted by Crippen LogP contribution is 2.21. The molecule has 1 amide bonds. The first-order chi connectivity index (χ1) is 8.97. The molecule has 98 valence electrons. The number of halogens is 4. The summed E-state index contributed by atoms with van der Waals surface area (Å²) in [5.41, 5.74) is 0.487. The minimum absolute atomic E-state index is 0.144. The van der Waals surface area contributed by atoms with Crippen molar-refractivity contribution in [2.75, 3.05) is 5.32 Å². The zero-order valence-corrected chi connectivity index (χ0v) is 11.7. The smallest absolute Gasteiger partial charge is 0.255 e. The molecule has 0 aliphatic rings. The molecule has 2 aromatic carbocycles.